The van der Waals surface area contributed by atoms with E-state index in [-0.39, 0.29) is 33.8 Å². The van der Waals surface area contributed by atoms with Crippen molar-refractivity contribution in [2.24, 2.45) is 0 Å². The molecule has 10 nitrogen and oxygen atoms in total. The van der Waals surface area contributed by atoms with E-state index in [0.717, 1.165) is 7.69 Å². The van der Waals surface area contributed by atoms with Crippen LogP contribution in [0.15, 0.2) is 36.4 Å². The molecule has 4 unspecified atom stereocenters. The summed E-state index contributed by atoms with van der Waals surface area (Å²) in [6.45, 7) is -2.33. The number of hydrogen-bond acceptors (Lipinski definition) is 10. The standard InChI is InChI=1S/C20H26BO10/c22-7-17(26)13-3-1-11(5-15(13)19(28)9-24)30-21-31-12-2-4-14(18(27)8-23)16(6-12)20(29)10-25/h1-6,17-20,22-29H,7-10H2. The second-order valence-corrected chi connectivity index (χ2v) is 6.71. The zero-order valence-corrected chi connectivity index (χ0v) is 16.6. The predicted molar refractivity (Wildman–Crippen MR) is 108 cm³/mol. The lowest BCUT2D eigenvalue weighted by Gasteiger charge is -2.19. The fraction of sp³-hybridized carbons (Fsp3) is 0.400. The molecule has 0 bridgehead atoms. The van der Waals surface area contributed by atoms with Gasteiger partial charge in [0.1, 0.15) is 35.9 Å². The zero-order valence-electron chi connectivity index (χ0n) is 16.6. The van der Waals surface area contributed by atoms with E-state index in [9.17, 15) is 30.6 Å². The molecule has 1 radical (unpaired) electrons. The van der Waals surface area contributed by atoms with Gasteiger partial charge in [-0.3, -0.25) is 0 Å². The number of aliphatic hydroxyl groups is 8. The molecule has 0 aliphatic rings. The van der Waals surface area contributed by atoms with E-state index in [1.54, 1.807) is 0 Å². The van der Waals surface area contributed by atoms with Crippen LogP contribution >= 0.6 is 0 Å². The molecular formula is C20H26BO10. The van der Waals surface area contributed by atoms with Gasteiger partial charge < -0.3 is 50.2 Å². The average Bonchev–Trinajstić information content (AvgIpc) is 2.81. The van der Waals surface area contributed by atoms with Gasteiger partial charge in [0.2, 0.25) is 0 Å². The minimum atomic E-state index is -1.30. The van der Waals surface area contributed by atoms with Gasteiger partial charge in [0.05, 0.1) is 26.4 Å². The third-order valence-electron chi connectivity index (χ3n) is 4.61. The highest BCUT2D eigenvalue weighted by atomic mass is 16.6. The van der Waals surface area contributed by atoms with Gasteiger partial charge in [-0.2, -0.15) is 0 Å². The molecule has 0 aromatic heterocycles. The molecule has 0 spiro atoms. The Morgan fingerprint density at radius 3 is 1.19 bits per heavy atom. The Morgan fingerprint density at radius 2 is 0.871 bits per heavy atom. The van der Waals surface area contributed by atoms with Crippen molar-refractivity contribution < 1.29 is 50.2 Å². The Morgan fingerprint density at radius 1 is 0.548 bits per heavy atom. The zero-order chi connectivity index (χ0) is 23.0. The Balaban J connectivity index is 2.14. The molecule has 0 saturated carbocycles. The Bertz CT molecular complexity index is 766. The summed E-state index contributed by atoms with van der Waals surface area (Å²) in [5, 5.41) is 76.3. The van der Waals surface area contributed by atoms with Crippen LogP contribution in [0.5, 0.6) is 11.5 Å². The van der Waals surface area contributed by atoms with Crippen molar-refractivity contribution >= 4 is 7.69 Å². The van der Waals surface area contributed by atoms with Gasteiger partial charge in [-0.25, -0.2) is 0 Å². The predicted octanol–water partition coefficient (Wildman–Crippen LogP) is -1.22. The molecule has 0 amide bonds. The second-order valence-electron chi connectivity index (χ2n) is 6.71. The number of benzene rings is 2. The largest absolute Gasteiger partial charge is 0.658 e. The molecule has 0 saturated heterocycles. The lowest BCUT2D eigenvalue weighted by molar-refractivity contribution is 0.0773. The van der Waals surface area contributed by atoms with E-state index in [1.165, 1.54) is 36.4 Å². The monoisotopic (exact) mass is 437 g/mol. The molecule has 169 valence electrons. The first-order valence-electron chi connectivity index (χ1n) is 9.44. The van der Waals surface area contributed by atoms with Crippen LogP contribution in [0.3, 0.4) is 0 Å². The fourth-order valence-electron chi connectivity index (χ4n) is 2.96. The summed E-state index contributed by atoms with van der Waals surface area (Å²) >= 11 is 0. The van der Waals surface area contributed by atoms with Gasteiger partial charge >= 0.3 is 7.69 Å². The summed E-state index contributed by atoms with van der Waals surface area (Å²) in [7, 11) is 0.958. The maximum Gasteiger partial charge on any atom is 0.658 e. The van der Waals surface area contributed by atoms with E-state index in [0.29, 0.717) is 0 Å². The maximum absolute atomic E-state index is 9.96. The number of rotatable bonds is 12. The van der Waals surface area contributed by atoms with Crippen LogP contribution in [-0.2, 0) is 0 Å². The number of aliphatic hydroxyl groups excluding tert-OH is 8. The smallest absolute Gasteiger partial charge is 0.526 e. The molecule has 0 aliphatic heterocycles. The van der Waals surface area contributed by atoms with E-state index in [4.69, 9.17) is 19.5 Å². The van der Waals surface area contributed by atoms with Crippen molar-refractivity contribution in [3.05, 3.63) is 58.7 Å². The average molecular weight is 437 g/mol. The molecule has 11 heteroatoms. The molecule has 31 heavy (non-hydrogen) atoms. The third-order valence-corrected chi connectivity index (χ3v) is 4.61. The van der Waals surface area contributed by atoms with Crippen molar-refractivity contribution in [1.29, 1.82) is 0 Å². The van der Waals surface area contributed by atoms with Gasteiger partial charge in [0, 0.05) is 0 Å². The van der Waals surface area contributed by atoms with Gasteiger partial charge in [0.15, 0.2) is 0 Å². The maximum atomic E-state index is 9.96. The summed E-state index contributed by atoms with van der Waals surface area (Å²) in [4.78, 5) is 0. The summed E-state index contributed by atoms with van der Waals surface area (Å²) in [5.74, 6) is 0.415. The molecular weight excluding hydrogens is 411 g/mol. The van der Waals surface area contributed by atoms with Crippen LogP contribution in [0.4, 0.5) is 0 Å². The van der Waals surface area contributed by atoms with Crippen LogP contribution in [0.2, 0.25) is 0 Å². The Kier molecular flexibility index (Phi) is 9.68. The first kappa shape index (κ1) is 25.0. The topological polar surface area (TPSA) is 180 Å². The SMILES string of the molecule is OCC(O)c1ccc(O[B]Oc2ccc(C(O)CO)c(C(O)CO)c2)cc1C(O)CO. The molecule has 2 aromatic carbocycles. The van der Waals surface area contributed by atoms with E-state index >= 15 is 0 Å². The van der Waals surface area contributed by atoms with Gasteiger partial charge in [-0.15, -0.1) is 0 Å². The van der Waals surface area contributed by atoms with Crippen LogP contribution in [0.25, 0.3) is 0 Å². The normalized spacial score (nSPS) is 15.1. The molecule has 0 fully saturated rings. The van der Waals surface area contributed by atoms with Crippen molar-refractivity contribution in [2.45, 2.75) is 24.4 Å². The summed E-state index contributed by atoms with van der Waals surface area (Å²) in [6.07, 6.45) is -5.08. The Hall–Kier alpha value is -2.22. The molecule has 2 aromatic rings. The molecule has 4 atom stereocenters. The van der Waals surface area contributed by atoms with Crippen molar-refractivity contribution in [2.75, 3.05) is 26.4 Å². The summed E-state index contributed by atoms with van der Waals surface area (Å²) < 4.78 is 10.7. The van der Waals surface area contributed by atoms with Gasteiger partial charge in [-0.05, 0) is 46.5 Å². The minimum Gasteiger partial charge on any atom is -0.526 e. The number of hydrogen-bond donors (Lipinski definition) is 8. The highest BCUT2D eigenvalue weighted by Gasteiger charge is 2.20. The molecule has 0 heterocycles. The van der Waals surface area contributed by atoms with E-state index < -0.39 is 50.8 Å². The summed E-state index contributed by atoms with van der Waals surface area (Å²) in [6, 6.07) is 8.53. The lowest BCUT2D eigenvalue weighted by atomic mass is 9.98. The van der Waals surface area contributed by atoms with Crippen molar-refractivity contribution in [3.8, 4) is 11.5 Å². The quantitative estimate of drug-likeness (QED) is 0.188. The highest BCUT2D eigenvalue weighted by Crippen LogP contribution is 2.29. The second kappa shape index (κ2) is 12.0. The van der Waals surface area contributed by atoms with Crippen LogP contribution < -0.4 is 9.31 Å². The van der Waals surface area contributed by atoms with Crippen molar-refractivity contribution in [3.63, 3.8) is 0 Å². The Labute approximate surface area is 179 Å². The van der Waals surface area contributed by atoms with Crippen molar-refractivity contribution in [1.82, 2.24) is 0 Å². The van der Waals surface area contributed by atoms with Gasteiger partial charge in [0.25, 0.3) is 0 Å². The molecule has 8 N–H and O–H groups in total. The third kappa shape index (κ3) is 6.39. The van der Waals surface area contributed by atoms with Crippen LogP contribution in [0.1, 0.15) is 46.7 Å². The fourth-order valence-corrected chi connectivity index (χ4v) is 2.96. The van der Waals surface area contributed by atoms with E-state index in [2.05, 4.69) is 0 Å². The first-order valence-corrected chi connectivity index (χ1v) is 9.44. The minimum absolute atomic E-state index is 0.172. The highest BCUT2D eigenvalue weighted by molar-refractivity contribution is 6.20. The lowest BCUT2D eigenvalue weighted by Crippen LogP contribution is -2.15. The van der Waals surface area contributed by atoms with Gasteiger partial charge in [-0.1, -0.05) is 12.1 Å². The molecule has 0 aliphatic carbocycles. The molecule has 2 rings (SSSR count). The van der Waals surface area contributed by atoms with E-state index in [1.807, 2.05) is 0 Å². The van der Waals surface area contributed by atoms with Crippen LogP contribution in [-0.4, -0.2) is 75.0 Å². The first-order chi connectivity index (χ1) is 14.9. The summed E-state index contributed by atoms with van der Waals surface area (Å²) in [5.41, 5.74) is 0.812. The van der Waals surface area contributed by atoms with Crippen LogP contribution in [0, 0.1) is 0 Å².